The first-order valence-electron chi connectivity index (χ1n) is 6.03. The highest BCUT2D eigenvalue weighted by atomic mass is 79.9. The van der Waals surface area contributed by atoms with E-state index in [1.54, 1.807) is 6.07 Å². The molecule has 1 amide bonds. The topological polar surface area (TPSA) is 52.6 Å². The number of benzene rings is 1. The zero-order valence-corrected chi connectivity index (χ0v) is 12.3. The summed E-state index contributed by atoms with van der Waals surface area (Å²) in [6.07, 6.45) is 0. The van der Waals surface area contributed by atoms with Gasteiger partial charge in [-0.05, 0) is 47.1 Å². The molecule has 2 N–H and O–H groups in total. The number of phenols is 1. The largest absolute Gasteiger partial charge is 0.507 e. The molecule has 0 saturated carbocycles. The van der Waals surface area contributed by atoms with Gasteiger partial charge in [-0.1, -0.05) is 13.0 Å². The van der Waals surface area contributed by atoms with Crippen LogP contribution in [0.25, 0.3) is 0 Å². The third kappa shape index (κ3) is 4.66. The molecule has 4 nitrogen and oxygen atoms in total. The van der Waals surface area contributed by atoms with Gasteiger partial charge >= 0.3 is 0 Å². The molecular weight excluding hydrogens is 296 g/mol. The second-order valence-electron chi connectivity index (χ2n) is 4.04. The Morgan fingerprint density at radius 3 is 2.72 bits per heavy atom. The fraction of sp³-hybridized carbons (Fsp3) is 0.462. The molecule has 0 heterocycles. The summed E-state index contributed by atoms with van der Waals surface area (Å²) >= 11 is 3.29. The van der Waals surface area contributed by atoms with Crippen molar-refractivity contribution in [3.8, 4) is 5.75 Å². The van der Waals surface area contributed by atoms with Crippen LogP contribution in [0.4, 0.5) is 0 Å². The minimum absolute atomic E-state index is 0.0391. The lowest BCUT2D eigenvalue weighted by molar-refractivity contribution is -0.122. The van der Waals surface area contributed by atoms with E-state index in [1.165, 1.54) is 0 Å². The fourth-order valence-electron chi connectivity index (χ4n) is 1.64. The number of rotatable bonds is 6. The zero-order chi connectivity index (χ0) is 13.5. The van der Waals surface area contributed by atoms with Gasteiger partial charge in [0.1, 0.15) is 5.75 Å². The van der Waals surface area contributed by atoms with Gasteiger partial charge in [0.15, 0.2) is 0 Å². The highest BCUT2D eigenvalue weighted by molar-refractivity contribution is 9.10. The van der Waals surface area contributed by atoms with Gasteiger partial charge in [0.25, 0.3) is 0 Å². The van der Waals surface area contributed by atoms with E-state index in [0.29, 0.717) is 24.1 Å². The normalized spacial score (nSPS) is 10.7. The molecule has 0 fully saturated rings. The minimum Gasteiger partial charge on any atom is -0.507 e. The lowest BCUT2D eigenvalue weighted by atomic mass is 10.2. The highest BCUT2D eigenvalue weighted by Crippen LogP contribution is 2.24. The third-order valence-electron chi connectivity index (χ3n) is 2.61. The number of hydrogen-bond acceptors (Lipinski definition) is 3. The number of aromatic hydroxyl groups is 1. The summed E-state index contributed by atoms with van der Waals surface area (Å²) in [5, 5.41) is 12.2. The first-order valence-corrected chi connectivity index (χ1v) is 6.82. The zero-order valence-electron chi connectivity index (χ0n) is 10.7. The molecule has 0 atom stereocenters. The Morgan fingerprint density at radius 2 is 2.17 bits per heavy atom. The maximum absolute atomic E-state index is 11.5. The smallest absolute Gasteiger partial charge is 0.234 e. The number of hydrogen-bond donors (Lipinski definition) is 2. The molecule has 100 valence electrons. The molecule has 0 spiro atoms. The Bertz CT molecular complexity index is 410. The molecule has 0 aromatic heterocycles. The molecule has 0 aliphatic rings. The Kier molecular flexibility index (Phi) is 6.15. The number of nitrogens with one attached hydrogen (secondary N) is 1. The minimum atomic E-state index is 0.0391. The van der Waals surface area contributed by atoms with Gasteiger partial charge in [-0.3, -0.25) is 9.69 Å². The first kappa shape index (κ1) is 15.0. The molecule has 0 aliphatic carbocycles. The third-order valence-corrected chi connectivity index (χ3v) is 3.24. The van der Waals surface area contributed by atoms with Crippen LogP contribution in [0.15, 0.2) is 22.7 Å². The van der Waals surface area contributed by atoms with Crippen LogP contribution in [0, 0.1) is 0 Å². The summed E-state index contributed by atoms with van der Waals surface area (Å²) in [5.74, 6) is 0.266. The second kappa shape index (κ2) is 7.38. The Morgan fingerprint density at radius 1 is 1.44 bits per heavy atom. The summed E-state index contributed by atoms with van der Waals surface area (Å²) < 4.78 is 0.675. The van der Waals surface area contributed by atoms with Crippen LogP contribution in [-0.4, -0.2) is 35.5 Å². The van der Waals surface area contributed by atoms with Crippen molar-refractivity contribution >= 4 is 21.8 Å². The van der Waals surface area contributed by atoms with Crippen LogP contribution in [-0.2, 0) is 11.3 Å². The SMILES string of the molecule is CCNC(=O)CN(CC)Cc1ccc(O)c(Br)c1. The summed E-state index contributed by atoms with van der Waals surface area (Å²) in [6, 6.07) is 5.38. The molecule has 1 aromatic carbocycles. The summed E-state index contributed by atoms with van der Waals surface area (Å²) in [7, 11) is 0. The molecule has 1 aromatic rings. The van der Waals surface area contributed by atoms with E-state index in [0.717, 1.165) is 12.1 Å². The predicted octanol–water partition coefficient (Wildman–Crippen LogP) is 2.11. The van der Waals surface area contributed by atoms with Gasteiger partial charge in [0.05, 0.1) is 11.0 Å². The standard InChI is InChI=1S/C13H19BrN2O2/c1-3-15-13(18)9-16(4-2)8-10-5-6-12(17)11(14)7-10/h5-7,17H,3-4,8-9H2,1-2H3,(H,15,18). The quantitative estimate of drug-likeness (QED) is 0.845. The van der Waals surface area contributed by atoms with Gasteiger partial charge in [-0.2, -0.15) is 0 Å². The molecule has 18 heavy (non-hydrogen) atoms. The van der Waals surface area contributed by atoms with Crippen molar-refractivity contribution in [2.75, 3.05) is 19.6 Å². The Balaban J connectivity index is 2.62. The Labute approximate surface area is 116 Å². The van der Waals surface area contributed by atoms with Crippen molar-refractivity contribution in [2.45, 2.75) is 20.4 Å². The highest BCUT2D eigenvalue weighted by Gasteiger charge is 2.09. The van der Waals surface area contributed by atoms with Crippen LogP contribution in [0.5, 0.6) is 5.75 Å². The number of nitrogens with zero attached hydrogens (tertiary/aromatic N) is 1. The number of amides is 1. The van der Waals surface area contributed by atoms with Crippen LogP contribution in [0.3, 0.4) is 0 Å². The summed E-state index contributed by atoms with van der Waals surface area (Å²) in [6.45, 7) is 6.46. The molecule has 0 bridgehead atoms. The molecule has 5 heteroatoms. The van der Waals surface area contributed by atoms with Gasteiger partial charge in [-0.15, -0.1) is 0 Å². The van der Waals surface area contributed by atoms with E-state index < -0.39 is 0 Å². The van der Waals surface area contributed by atoms with E-state index in [1.807, 2.05) is 30.9 Å². The van der Waals surface area contributed by atoms with E-state index in [4.69, 9.17) is 0 Å². The number of likely N-dealkylation sites (N-methyl/N-ethyl adjacent to an activating group) is 2. The molecular formula is C13H19BrN2O2. The van der Waals surface area contributed by atoms with Crippen LogP contribution < -0.4 is 5.32 Å². The molecule has 0 aliphatic heterocycles. The Hall–Kier alpha value is -1.07. The molecule has 0 radical (unpaired) electrons. The number of carbonyl (C=O) groups is 1. The van der Waals surface area contributed by atoms with E-state index >= 15 is 0 Å². The van der Waals surface area contributed by atoms with Crippen LogP contribution in [0.1, 0.15) is 19.4 Å². The van der Waals surface area contributed by atoms with Gasteiger partial charge in [-0.25, -0.2) is 0 Å². The lowest BCUT2D eigenvalue weighted by Crippen LogP contribution is -2.36. The molecule has 0 unspecified atom stereocenters. The van der Waals surface area contributed by atoms with Crippen LogP contribution in [0.2, 0.25) is 0 Å². The van der Waals surface area contributed by atoms with Crippen molar-refractivity contribution in [2.24, 2.45) is 0 Å². The fourth-order valence-corrected chi connectivity index (χ4v) is 2.07. The van der Waals surface area contributed by atoms with Crippen LogP contribution >= 0.6 is 15.9 Å². The predicted molar refractivity (Wildman–Crippen MR) is 75.4 cm³/mol. The summed E-state index contributed by atoms with van der Waals surface area (Å²) in [4.78, 5) is 13.6. The van der Waals surface area contributed by atoms with Crippen molar-refractivity contribution in [3.05, 3.63) is 28.2 Å². The van der Waals surface area contributed by atoms with E-state index in [2.05, 4.69) is 21.2 Å². The van der Waals surface area contributed by atoms with E-state index in [9.17, 15) is 9.90 Å². The maximum atomic E-state index is 11.5. The molecule has 1 rings (SSSR count). The van der Waals surface area contributed by atoms with Gasteiger partial charge in [0.2, 0.25) is 5.91 Å². The first-order chi connectivity index (χ1) is 8.56. The van der Waals surface area contributed by atoms with Crippen molar-refractivity contribution in [3.63, 3.8) is 0 Å². The van der Waals surface area contributed by atoms with Gasteiger partial charge in [0, 0.05) is 13.1 Å². The number of phenolic OH excluding ortho intramolecular Hbond substituents is 1. The van der Waals surface area contributed by atoms with Crippen molar-refractivity contribution < 1.29 is 9.90 Å². The number of carbonyl (C=O) groups excluding carboxylic acids is 1. The van der Waals surface area contributed by atoms with Crippen molar-refractivity contribution in [1.82, 2.24) is 10.2 Å². The average Bonchev–Trinajstić information content (AvgIpc) is 2.33. The molecule has 0 saturated heterocycles. The second-order valence-corrected chi connectivity index (χ2v) is 4.90. The average molecular weight is 315 g/mol. The monoisotopic (exact) mass is 314 g/mol. The van der Waals surface area contributed by atoms with Crippen molar-refractivity contribution in [1.29, 1.82) is 0 Å². The maximum Gasteiger partial charge on any atom is 0.234 e. The lowest BCUT2D eigenvalue weighted by Gasteiger charge is -2.20. The number of halogens is 1. The summed E-state index contributed by atoms with van der Waals surface area (Å²) in [5.41, 5.74) is 1.06. The van der Waals surface area contributed by atoms with Gasteiger partial charge < -0.3 is 10.4 Å². The van der Waals surface area contributed by atoms with E-state index in [-0.39, 0.29) is 11.7 Å².